The van der Waals surface area contributed by atoms with Crippen molar-refractivity contribution in [2.75, 3.05) is 11.9 Å². The van der Waals surface area contributed by atoms with Gasteiger partial charge in [0, 0.05) is 16.9 Å². The van der Waals surface area contributed by atoms with E-state index >= 15 is 0 Å². The van der Waals surface area contributed by atoms with Crippen molar-refractivity contribution >= 4 is 39.9 Å². The third-order valence-corrected chi connectivity index (χ3v) is 7.47. The lowest BCUT2D eigenvalue weighted by molar-refractivity contribution is -0.147. The molecular weight excluding hydrogens is 440 g/mol. The molecule has 33 heavy (non-hydrogen) atoms. The number of carbonyl (C=O) groups is 4. The Bertz CT molecular complexity index is 1100. The van der Waals surface area contributed by atoms with Crippen molar-refractivity contribution in [2.45, 2.75) is 64.2 Å². The van der Waals surface area contributed by atoms with E-state index < -0.39 is 24.4 Å². The van der Waals surface area contributed by atoms with Crippen molar-refractivity contribution in [3.05, 3.63) is 50.9 Å². The summed E-state index contributed by atoms with van der Waals surface area (Å²) >= 11 is 1.36. The summed E-state index contributed by atoms with van der Waals surface area (Å²) in [6.07, 6.45) is 7.94. The van der Waals surface area contributed by atoms with Gasteiger partial charge < -0.3 is 15.8 Å². The fourth-order valence-electron chi connectivity index (χ4n) is 4.56. The van der Waals surface area contributed by atoms with Crippen LogP contribution in [0, 0.1) is 0 Å². The van der Waals surface area contributed by atoms with Gasteiger partial charge in [-0.05, 0) is 74.1 Å². The molecule has 0 aliphatic heterocycles. The van der Waals surface area contributed by atoms with Crippen molar-refractivity contribution < 1.29 is 23.9 Å². The monoisotopic (exact) mass is 468 g/mol. The number of benzene rings is 1. The molecule has 2 amide bonds. The minimum Gasteiger partial charge on any atom is -0.456 e. The van der Waals surface area contributed by atoms with Crippen LogP contribution in [0.5, 0.6) is 0 Å². The van der Waals surface area contributed by atoms with Crippen LogP contribution in [0.1, 0.15) is 80.8 Å². The molecule has 2 aliphatic carbocycles. The number of thiophene rings is 1. The third-order valence-electron chi connectivity index (χ3n) is 6.26. The fourth-order valence-corrected chi connectivity index (χ4v) is 5.87. The lowest BCUT2D eigenvalue weighted by Gasteiger charge is -2.16. The molecule has 0 unspecified atom stereocenters. The molecule has 0 saturated heterocycles. The van der Waals surface area contributed by atoms with E-state index in [2.05, 4.69) is 5.32 Å². The number of fused-ring (bicyclic) bond motifs is 2. The largest absolute Gasteiger partial charge is 0.456 e. The average molecular weight is 469 g/mol. The minimum atomic E-state index is -0.614. The van der Waals surface area contributed by atoms with Crippen LogP contribution < -0.4 is 11.1 Å². The predicted molar refractivity (Wildman–Crippen MR) is 126 cm³/mol. The Balaban J connectivity index is 1.26. The van der Waals surface area contributed by atoms with Gasteiger partial charge in [-0.15, -0.1) is 11.3 Å². The van der Waals surface area contributed by atoms with Crippen molar-refractivity contribution in [3.63, 3.8) is 0 Å². The standard InChI is InChI=1S/C25H28N2O5S/c26-24(31)23-18-7-3-4-8-20(18)33-25(23)27-21(29)14-32-22(30)12-11-19(28)17-10-9-15-5-1-2-6-16(15)13-17/h9-10,13H,1-8,11-12,14H2,(H2,26,31)(H,27,29). The van der Waals surface area contributed by atoms with E-state index in [1.54, 1.807) is 0 Å². The van der Waals surface area contributed by atoms with E-state index in [0.717, 1.165) is 55.4 Å². The number of hydrogen-bond donors (Lipinski definition) is 2. The number of primary amides is 1. The molecule has 4 rings (SSSR count). The van der Waals surface area contributed by atoms with E-state index in [4.69, 9.17) is 10.5 Å². The number of rotatable bonds is 8. The SMILES string of the molecule is NC(=O)c1c(NC(=O)COC(=O)CCC(=O)c2ccc3c(c2)CCCC3)sc2c1CCCC2. The summed E-state index contributed by atoms with van der Waals surface area (Å²) in [5, 5.41) is 3.07. The van der Waals surface area contributed by atoms with Gasteiger partial charge >= 0.3 is 5.97 Å². The summed E-state index contributed by atoms with van der Waals surface area (Å²) in [4.78, 5) is 49.8. The van der Waals surface area contributed by atoms with Gasteiger partial charge in [-0.3, -0.25) is 19.2 Å². The molecule has 174 valence electrons. The molecule has 0 spiro atoms. The van der Waals surface area contributed by atoms with Crippen LogP contribution in [-0.2, 0) is 40.0 Å². The first-order valence-corrected chi connectivity index (χ1v) is 12.3. The van der Waals surface area contributed by atoms with Crippen LogP contribution >= 0.6 is 11.3 Å². The summed E-state index contributed by atoms with van der Waals surface area (Å²) in [6.45, 7) is -0.480. The summed E-state index contributed by atoms with van der Waals surface area (Å²) < 4.78 is 5.04. The van der Waals surface area contributed by atoms with Crippen molar-refractivity contribution in [3.8, 4) is 0 Å². The Labute approximate surface area is 196 Å². The highest BCUT2D eigenvalue weighted by Gasteiger charge is 2.25. The fraction of sp³-hybridized carbons (Fsp3) is 0.440. The first kappa shape index (κ1) is 23.2. The maximum absolute atomic E-state index is 12.5. The number of nitrogens with two attached hydrogens (primary N) is 1. The number of aryl methyl sites for hydroxylation is 3. The Kier molecular flexibility index (Phi) is 7.23. The first-order chi connectivity index (χ1) is 15.9. The highest BCUT2D eigenvalue weighted by Crippen LogP contribution is 2.37. The maximum Gasteiger partial charge on any atom is 0.306 e. The van der Waals surface area contributed by atoms with E-state index in [-0.39, 0.29) is 18.6 Å². The number of ether oxygens (including phenoxy) is 1. The topological polar surface area (TPSA) is 116 Å². The van der Waals surface area contributed by atoms with Gasteiger partial charge in [0.1, 0.15) is 5.00 Å². The Hall–Kier alpha value is -3.00. The van der Waals surface area contributed by atoms with Crippen molar-refractivity contribution in [1.29, 1.82) is 0 Å². The molecule has 0 bridgehead atoms. The molecule has 0 saturated carbocycles. The van der Waals surface area contributed by atoms with Crippen LogP contribution in [0.4, 0.5) is 5.00 Å². The van der Waals surface area contributed by atoms with Gasteiger partial charge in [-0.1, -0.05) is 12.1 Å². The first-order valence-electron chi connectivity index (χ1n) is 11.5. The van der Waals surface area contributed by atoms with Crippen LogP contribution in [0.2, 0.25) is 0 Å². The molecule has 0 atom stereocenters. The van der Waals surface area contributed by atoms with Crippen LogP contribution in [-0.4, -0.2) is 30.2 Å². The summed E-state index contributed by atoms with van der Waals surface area (Å²) in [7, 11) is 0. The number of ketones is 1. The van der Waals surface area contributed by atoms with E-state index in [1.807, 2.05) is 18.2 Å². The van der Waals surface area contributed by atoms with Gasteiger partial charge in [0.2, 0.25) is 0 Å². The molecule has 2 aromatic rings. The number of esters is 1. The van der Waals surface area contributed by atoms with Crippen LogP contribution in [0.25, 0.3) is 0 Å². The van der Waals surface area contributed by atoms with Crippen LogP contribution in [0.3, 0.4) is 0 Å². The number of carbonyl (C=O) groups excluding carboxylic acids is 4. The number of anilines is 1. The molecule has 2 aliphatic rings. The van der Waals surface area contributed by atoms with Gasteiger partial charge in [0.25, 0.3) is 11.8 Å². The third kappa shape index (κ3) is 5.50. The zero-order chi connectivity index (χ0) is 23.4. The van der Waals surface area contributed by atoms with E-state index in [1.165, 1.54) is 28.9 Å². The normalized spacial score (nSPS) is 14.7. The van der Waals surface area contributed by atoms with Gasteiger partial charge in [-0.2, -0.15) is 0 Å². The van der Waals surface area contributed by atoms with Crippen molar-refractivity contribution in [1.82, 2.24) is 0 Å². The number of Topliss-reactive ketones (excluding diaryl/α,β-unsaturated/α-hetero) is 1. The molecular formula is C25H28N2O5S. The molecule has 1 heterocycles. The van der Waals surface area contributed by atoms with Crippen LogP contribution in [0.15, 0.2) is 18.2 Å². The predicted octanol–water partition coefficient (Wildman–Crippen LogP) is 3.75. The van der Waals surface area contributed by atoms with Gasteiger partial charge in [-0.25, -0.2) is 0 Å². The zero-order valence-corrected chi connectivity index (χ0v) is 19.4. The lowest BCUT2D eigenvalue weighted by Crippen LogP contribution is -2.23. The minimum absolute atomic E-state index is 0.0305. The molecule has 3 N–H and O–H groups in total. The van der Waals surface area contributed by atoms with E-state index in [9.17, 15) is 19.2 Å². The second-order valence-corrected chi connectivity index (χ2v) is 9.71. The summed E-state index contributed by atoms with van der Waals surface area (Å²) in [5.74, 6) is -1.83. The van der Waals surface area contributed by atoms with Crippen molar-refractivity contribution in [2.24, 2.45) is 5.73 Å². The summed E-state index contributed by atoms with van der Waals surface area (Å²) in [5.41, 5.74) is 9.95. The summed E-state index contributed by atoms with van der Waals surface area (Å²) in [6, 6.07) is 5.77. The molecule has 0 radical (unpaired) electrons. The highest BCUT2D eigenvalue weighted by atomic mass is 32.1. The smallest absolute Gasteiger partial charge is 0.306 e. The lowest BCUT2D eigenvalue weighted by atomic mass is 9.89. The number of hydrogen-bond acceptors (Lipinski definition) is 6. The molecule has 1 aromatic carbocycles. The second-order valence-electron chi connectivity index (χ2n) is 8.60. The van der Waals surface area contributed by atoms with Gasteiger partial charge in [0.15, 0.2) is 12.4 Å². The zero-order valence-electron chi connectivity index (χ0n) is 18.5. The van der Waals surface area contributed by atoms with Gasteiger partial charge in [0.05, 0.1) is 12.0 Å². The Morgan fingerprint density at radius 3 is 2.45 bits per heavy atom. The number of amides is 2. The Morgan fingerprint density at radius 1 is 0.939 bits per heavy atom. The molecule has 1 aromatic heterocycles. The molecule has 7 nitrogen and oxygen atoms in total. The average Bonchev–Trinajstić information content (AvgIpc) is 3.18. The Morgan fingerprint density at radius 2 is 1.67 bits per heavy atom. The number of nitrogens with one attached hydrogen (secondary N) is 1. The quantitative estimate of drug-likeness (QED) is 0.452. The van der Waals surface area contributed by atoms with E-state index in [0.29, 0.717) is 16.1 Å². The molecule has 0 fully saturated rings. The molecule has 8 heteroatoms. The second kappa shape index (κ2) is 10.3. The highest BCUT2D eigenvalue weighted by molar-refractivity contribution is 7.17. The maximum atomic E-state index is 12.5.